The van der Waals surface area contributed by atoms with Crippen molar-refractivity contribution in [1.82, 2.24) is 9.78 Å². The van der Waals surface area contributed by atoms with E-state index in [-0.39, 0.29) is 5.69 Å². The SMILES string of the molecule is Cn1nc(C(=O)O)cc1-c1c(Br)ccc2c1OCCO2. The third-order valence-corrected chi connectivity index (χ3v) is 3.67. The molecule has 1 aliphatic rings. The Morgan fingerprint density at radius 3 is 2.85 bits per heavy atom. The minimum Gasteiger partial charge on any atom is -0.486 e. The number of fused-ring (bicyclic) bond motifs is 1. The molecule has 1 aromatic heterocycles. The Kier molecular flexibility index (Phi) is 3.13. The van der Waals surface area contributed by atoms with Gasteiger partial charge in [0.15, 0.2) is 17.2 Å². The van der Waals surface area contributed by atoms with Crippen LogP contribution in [0.4, 0.5) is 0 Å². The van der Waals surface area contributed by atoms with Crippen LogP contribution < -0.4 is 9.47 Å². The van der Waals surface area contributed by atoms with Crippen molar-refractivity contribution in [1.29, 1.82) is 0 Å². The standard InChI is InChI=1S/C13H11BrN2O4/c1-16-9(6-8(15-16)13(17)18)11-7(14)2-3-10-12(11)20-5-4-19-10/h2-3,6H,4-5H2,1H3,(H,17,18). The number of carboxylic acid groups (broad SMARTS) is 1. The molecule has 0 bridgehead atoms. The van der Waals surface area contributed by atoms with E-state index in [0.717, 1.165) is 10.0 Å². The second-order valence-corrected chi connectivity index (χ2v) is 5.14. The first-order valence-electron chi connectivity index (χ1n) is 5.93. The van der Waals surface area contributed by atoms with Crippen LogP contribution in [0.1, 0.15) is 10.5 Å². The van der Waals surface area contributed by atoms with Crippen molar-refractivity contribution >= 4 is 21.9 Å². The molecule has 0 saturated carbocycles. The first kappa shape index (κ1) is 13.0. The van der Waals surface area contributed by atoms with Crippen LogP contribution in [0.15, 0.2) is 22.7 Å². The summed E-state index contributed by atoms with van der Waals surface area (Å²) in [6.07, 6.45) is 0. The molecule has 2 aromatic rings. The molecule has 1 aliphatic heterocycles. The van der Waals surface area contributed by atoms with E-state index in [1.807, 2.05) is 12.1 Å². The second kappa shape index (κ2) is 4.82. The molecule has 1 aromatic carbocycles. The Morgan fingerprint density at radius 2 is 2.15 bits per heavy atom. The van der Waals surface area contributed by atoms with Crippen LogP contribution in [0.3, 0.4) is 0 Å². The van der Waals surface area contributed by atoms with Crippen LogP contribution in [0.2, 0.25) is 0 Å². The molecule has 0 unspecified atom stereocenters. The fourth-order valence-electron chi connectivity index (χ4n) is 2.14. The maximum atomic E-state index is 11.0. The molecule has 0 spiro atoms. The zero-order valence-corrected chi connectivity index (χ0v) is 12.2. The number of hydrogen-bond donors (Lipinski definition) is 1. The number of aromatic nitrogens is 2. The molecule has 0 aliphatic carbocycles. The van der Waals surface area contributed by atoms with Gasteiger partial charge in [0.25, 0.3) is 0 Å². The highest BCUT2D eigenvalue weighted by molar-refractivity contribution is 9.10. The summed E-state index contributed by atoms with van der Waals surface area (Å²) in [4.78, 5) is 11.0. The number of halogens is 1. The third-order valence-electron chi connectivity index (χ3n) is 3.01. The predicted octanol–water partition coefficient (Wildman–Crippen LogP) is 2.32. The molecule has 0 amide bonds. The molecule has 20 heavy (non-hydrogen) atoms. The molecule has 2 heterocycles. The highest BCUT2D eigenvalue weighted by atomic mass is 79.9. The lowest BCUT2D eigenvalue weighted by Gasteiger charge is -2.21. The first-order valence-corrected chi connectivity index (χ1v) is 6.73. The Morgan fingerprint density at radius 1 is 1.40 bits per heavy atom. The maximum Gasteiger partial charge on any atom is 0.356 e. The average molecular weight is 339 g/mol. The van der Waals surface area contributed by atoms with Gasteiger partial charge in [-0.3, -0.25) is 4.68 Å². The third kappa shape index (κ3) is 2.03. The van der Waals surface area contributed by atoms with Gasteiger partial charge in [0.05, 0.1) is 11.3 Å². The summed E-state index contributed by atoms with van der Waals surface area (Å²) >= 11 is 3.47. The predicted molar refractivity (Wildman–Crippen MR) is 74.3 cm³/mol. The Hall–Kier alpha value is -2.02. The molecule has 1 N–H and O–H groups in total. The lowest BCUT2D eigenvalue weighted by molar-refractivity contribution is 0.0689. The number of aromatic carboxylic acids is 1. The number of benzene rings is 1. The van der Waals surface area contributed by atoms with E-state index < -0.39 is 5.97 Å². The normalized spacial score (nSPS) is 13.3. The van der Waals surface area contributed by atoms with E-state index in [1.54, 1.807) is 7.05 Å². The van der Waals surface area contributed by atoms with E-state index in [4.69, 9.17) is 14.6 Å². The highest BCUT2D eigenvalue weighted by Crippen LogP contribution is 2.44. The molecule has 0 saturated heterocycles. The minimum absolute atomic E-state index is 0.0104. The van der Waals surface area contributed by atoms with Gasteiger partial charge in [-0.05, 0) is 34.1 Å². The van der Waals surface area contributed by atoms with Crippen LogP contribution >= 0.6 is 15.9 Å². The maximum absolute atomic E-state index is 11.0. The topological polar surface area (TPSA) is 73.6 Å². The number of carbonyl (C=O) groups is 1. The van der Waals surface area contributed by atoms with Crippen molar-refractivity contribution in [2.45, 2.75) is 0 Å². The van der Waals surface area contributed by atoms with Crippen LogP contribution in [0.5, 0.6) is 11.5 Å². The van der Waals surface area contributed by atoms with E-state index in [0.29, 0.717) is 30.4 Å². The molecule has 3 rings (SSSR count). The van der Waals surface area contributed by atoms with Crippen molar-refractivity contribution in [3.05, 3.63) is 28.4 Å². The van der Waals surface area contributed by atoms with Gasteiger partial charge in [-0.1, -0.05) is 0 Å². The Bertz CT molecular complexity index is 696. The molecule has 104 valence electrons. The highest BCUT2D eigenvalue weighted by Gasteiger charge is 2.23. The van der Waals surface area contributed by atoms with Crippen LogP contribution in [0, 0.1) is 0 Å². The zero-order chi connectivity index (χ0) is 14.3. The number of rotatable bonds is 2. The van der Waals surface area contributed by atoms with E-state index in [9.17, 15) is 4.79 Å². The number of aryl methyl sites for hydroxylation is 1. The summed E-state index contributed by atoms with van der Waals surface area (Å²) in [6, 6.07) is 5.17. The molecular weight excluding hydrogens is 328 g/mol. The van der Waals surface area contributed by atoms with Crippen molar-refractivity contribution in [3.8, 4) is 22.8 Å². The number of carboxylic acids is 1. The molecule has 6 nitrogen and oxygen atoms in total. The molecular formula is C13H11BrN2O4. The zero-order valence-electron chi connectivity index (χ0n) is 10.6. The molecule has 0 radical (unpaired) electrons. The summed E-state index contributed by atoms with van der Waals surface area (Å²) in [5.41, 5.74) is 1.38. The minimum atomic E-state index is -1.06. The van der Waals surface area contributed by atoms with Gasteiger partial charge in [0.2, 0.25) is 0 Å². The second-order valence-electron chi connectivity index (χ2n) is 4.29. The Labute approximate surface area is 123 Å². The van der Waals surface area contributed by atoms with Crippen molar-refractivity contribution in [3.63, 3.8) is 0 Å². The van der Waals surface area contributed by atoms with Gasteiger partial charge in [-0.15, -0.1) is 0 Å². The van der Waals surface area contributed by atoms with E-state index in [2.05, 4.69) is 21.0 Å². The van der Waals surface area contributed by atoms with Crippen molar-refractivity contribution in [2.24, 2.45) is 7.05 Å². The molecule has 0 atom stereocenters. The van der Waals surface area contributed by atoms with Gasteiger partial charge in [-0.2, -0.15) is 5.10 Å². The van der Waals surface area contributed by atoms with Crippen molar-refractivity contribution < 1.29 is 19.4 Å². The van der Waals surface area contributed by atoms with Gasteiger partial charge in [0.1, 0.15) is 13.2 Å². The van der Waals surface area contributed by atoms with Crippen LogP contribution in [-0.4, -0.2) is 34.1 Å². The van der Waals surface area contributed by atoms with Gasteiger partial charge in [-0.25, -0.2) is 4.79 Å². The first-order chi connectivity index (χ1) is 9.58. The largest absolute Gasteiger partial charge is 0.486 e. The summed E-state index contributed by atoms with van der Waals surface area (Å²) in [5, 5.41) is 13.0. The Balaban J connectivity index is 2.21. The number of nitrogens with zero attached hydrogens (tertiary/aromatic N) is 2. The summed E-state index contributed by atoms with van der Waals surface area (Å²) in [6.45, 7) is 0.958. The lowest BCUT2D eigenvalue weighted by atomic mass is 10.1. The van der Waals surface area contributed by atoms with Gasteiger partial charge < -0.3 is 14.6 Å². The summed E-state index contributed by atoms with van der Waals surface area (Å²) < 4.78 is 13.5. The fourth-order valence-corrected chi connectivity index (χ4v) is 2.65. The average Bonchev–Trinajstić information content (AvgIpc) is 2.81. The van der Waals surface area contributed by atoms with Crippen molar-refractivity contribution in [2.75, 3.05) is 13.2 Å². The van der Waals surface area contributed by atoms with Gasteiger partial charge >= 0.3 is 5.97 Å². The summed E-state index contributed by atoms with van der Waals surface area (Å²) in [5.74, 6) is 0.183. The monoisotopic (exact) mass is 338 g/mol. The smallest absolute Gasteiger partial charge is 0.356 e. The van der Waals surface area contributed by atoms with E-state index >= 15 is 0 Å². The van der Waals surface area contributed by atoms with Crippen LogP contribution in [-0.2, 0) is 7.05 Å². The van der Waals surface area contributed by atoms with Crippen LogP contribution in [0.25, 0.3) is 11.3 Å². The molecule has 0 fully saturated rings. The molecule has 7 heteroatoms. The number of hydrogen-bond acceptors (Lipinski definition) is 4. The number of ether oxygens (including phenoxy) is 2. The fraction of sp³-hybridized carbons (Fsp3) is 0.231. The van der Waals surface area contributed by atoms with E-state index in [1.165, 1.54) is 10.7 Å². The lowest BCUT2D eigenvalue weighted by Crippen LogP contribution is -2.16. The quantitative estimate of drug-likeness (QED) is 0.909. The van der Waals surface area contributed by atoms with Gasteiger partial charge in [0, 0.05) is 11.5 Å². The summed E-state index contributed by atoms with van der Waals surface area (Å²) in [7, 11) is 1.69.